The molecule has 1 amide bonds. The minimum absolute atomic E-state index is 0.182. The van der Waals surface area contributed by atoms with E-state index in [0.29, 0.717) is 34.8 Å². The Morgan fingerprint density at radius 1 is 1.12 bits per heavy atom. The molecule has 1 aromatic heterocycles. The first-order valence-corrected chi connectivity index (χ1v) is 11.2. The molecule has 0 aliphatic carbocycles. The van der Waals surface area contributed by atoms with Crippen LogP contribution in [0.4, 0.5) is 13.2 Å². The van der Waals surface area contributed by atoms with E-state index >= 15 is 0 Å². The predicted octanol–water partition coefficient (Wildman–Crippen LogP) is 5.21. The van der Waals surface area contributed by atoms with Gasteiger partial charge in [-0.3, -0.25) is 9.36 Å². The fourth-order valence-corrected chi connectivity index (χ4v) is 3.88. The molecule has 3 rings (SSSR count). The molecule has 1 unspecified atom stereocenters. The average molecular weight is 479 g/mol. The number of alkyl halides is 3. The van der Waals surface area contributed by atoms with Crippen molar-refractivity contribution < 1.29 is 22.7 Å². The number of methoxy groups -OCH3 is 1. The average Bonchev–Trinajstić information content (AvgIpc) is 3.20. The number of nitrogens with zero attached hydrogens (tertiary/aromatic N) is 3. The molecule has 0 saturated carbocycles. The van der Waals surface area contributed by atoms with Crippen molar-refractivity contribution in [3.8, 4) is 22.8 Å². The number of halogens is 3. The fourth-order valence-electron chi connectivity index (χ4n) is 2.99. The van der Waals surface area contributed by atoms with Gasteiger partial charge in [-0.2, -0.15) is 13.2 Å². The van der Waals surface area contributed by atoms with Gasteiger partial charge in [0, 0.05) is 12.1 Å². The highest BCUT2D eigenvalue weighted by atomic mass is 32.2. The van der Waals surface area contributed by atoms with Crippen molar-refractivity contribution in [1.82, 2.24) is 20.1 Å². The maximum Gasteiger partial charge on any atom is 0.416 e. The maximum absolute atomic E-state index is 13.4. The second-order valence-electron chi connectivity index (χ2n) is 7.82. The molecule has 3 aromatic rings. The number of rotatable bonds is 8. The second kappa shape index (κ2) is 10.3. The van der Waals surface area contributed by atoms with Gasteiger partial charge in [-0.15, -0.1) is 10.2 Å². The van der Waals surface area contributed by atoms with Crippen LogP contribution in [0, 0.1) is 5.92 Å². The van der Waals surface area contributed by atoms with Crippen LogP contribution in [0.2, 0.25) is 0 Å². The molecule has 1 N–H and O–H groups in total. The van der Waals surface area contributed by atoms with E-state index in [9.17, 15) is 18.0 Å². The molecule has 6 nitrogen and oxygen atoms in total. The number of thioether (sulfide) groups is 1. The molecule has 0 saturated heterocycles. The number of carbonyl (C=O) groups excluding carboxylic acids is 1. The number of amides is 1. The molecule has 0 aliphatic rings. The molecule has 33 heavy (non-hydrogen) atoms. The highest BCUT2D eigenvalue weighted by molar-refractivity contribution is 8.00. The van der Waals surface area contributed by atoms with Crippen LogP contribution >= 0.6 is 11.8 Å². The monoisotopic (exact) mass is 478 g/mol. The molecule has 0 spiro atoms. The van der Waals surface area contributed by atoms with E-state index in [1.54, 1.807) is 44.4 Å². The minimum atomic E-state index is -4.50. The van der Waals surface area contributed by atoms with Gasteiger partial charge in [0.25, 0.3) is 0 Å². The Labute approximate surface area is 194 Å². The summed E-state index contributed by atoms with van der Waals surface area (Å²) >= 11 is 1.13. The lowest BCUT2D eigenvalue weighted by atomic mass is 10.1. The number of nitrogens with one attached hydrogen (secondary N) is 1. The van der Waals surface area contributed by atoms with Crippen molar-refractivity contribution in [2.45, 2.75) is 37.4 Å². The summed E-state index contributed by atoms with van der Waals surface area (Å²) in [5.74, 6) is 1.10. The SMILES string of the molecule is COc1ccc(-c2nnc(SC(C)C(=O)NCC(C)C)n2-c2cccc(C(F)(F)F)c2)cc1. The number of carbonyl (C=O) groups is 1. The fraction of sp³-hybridized carbons (Fsp3) is 0.348. The van der Waals surface area contributed by atoms with Gasteiger partial charge in [0.1, 0.15) is 5.75 Å². The van der Waals surface area contributed by atoms with E-state index in [4.69, 9.17) is 4.74 Å². The molecule has 2 aromatic carbocycles. The summed E-state index contributed by atoms with van der Waals surface area (Å²) in [6, 6.07) is 11.9. The van der Waals surface area contributed by atoms with E-state index in [-0.39, 0.29) is 11.6 Å². The molecule has 0 fully saturated rings. The Morgan fingerprint density at radius 3 is 2.42 bits per heavy atom. The zero-order valence-electron chi connectivity index (χ0n) is 18.7. The summed E-state index contributed by atoms with van der Waals surface area (Å²) in [4.78, 5) is 12.5. The van der Waals surface area contributed by atoms with Gasteiger partial charge in [0.2, 0.25) is 5.91 Å². The molecule has 0 bridgehead atoms. The van der Waals surface area contributed by atoms with Crippen LogP contribution in [0.15, 0.2) is 53.7 Å². The predicted molar refractivity (Wildman–Crippen MR) is 122 cm³/mol. The van der Waals surface area contributed by atoms with Crippen LogP contribution in [-0.4, -0.2) is 39.6 Å². The third-order valence-corrected chi connectivity index (χ3v) is 5.79. The standard InChI is InChI=1S/C23H25F3N4O2S/c1-14(2)13-27-21(31)15(3)33-22-29-28-20(16-8-10-19(32-4)11-9-16)30(22)18-7-5-6-17(12-18)23(24,25)26/h5-12,14-15H,13H2,1-4H3,(H,27,31). The first-order chi connectivity index (χ1) is 15.6. The Bertz CT molecular complexity index is 1100. The summed E-state index contributed by atoms with van der Waals surface area (Å²) in [5, 5.41) is 11.1. The van der Waals surface area contributed by atoms with Gasteiger partial charge < -0.3 is 10.1 Å². The summed E-state index contributed by atoms with van der Waals surface area (Å²) in [6.07, 6.45) is -4.50. The Balaban J connectivity index is 2.04. The van der Waals surface area contributed by atoms with Gasteiger partial charge in [-0.1, -0.05) is 31.7 Å². The van der Waals surface area contributed by atoms with Gasteiger partial charge in [0.05, 0.1) is 23.6 Å². The number of benzene rings is 2. The zero-order chi connectivity index (χ0) is 24.2. The number of hydrogen-bond acceptors (Lipinski definition) is 5. The minimum Gasteiger partial charge on any atom is -0.497 e. The van der Waals surface area contributed by atoms with Crippen molar-refractivity contribution in [3.05, 3.63) is 54.1 Å². The summed E-state index contributed by atoms with van der Waals surface area (Å²) in [7, 11) is 1.54. The maximum atomic E-state index is 13.4. The van der Waals surface area contributed by atoms with Crippen molar-refractivity contribution >= 4 is 17.7 Å². The van der Waals surface area contributed by atoms with Crippen LogP contribution in [0.5, 0.6) is 5.75 Å². The van der Waals surface area contributed by atoms with Crippen molar-refractivity contribution in [2.24, 2.45) is 5.92 Å². The number of ether oxygens (including phenoxy) is 1. The third-order valence-electron chi connectivity index (χ3n) is 4.75. The number of aromatic nitrogens is 3. The van der Waals surface area contributed by atoms with Crippen LogP contribution in [-0.2, 0) is 11.0 Å². The summed E-state index contributed by atoms with van der Waals surface area (Å²) in [5.41, 5.74) is 0.107. The lowest BCUT2D eigenvalue weighted by molar-refractivity contribution is -0.137. The molecular weight excluding hydrogens is 453 g/mol. The van der Waals surface area contributed by atoms with Crippen LogP contribution in [0.1, 0.15) is 26.3 Å². The lowest BCUT2D eigenvalue weighted by Crippen LogP contribution is -2.33. The van der Waals surface area contributed by atoms with E-state index < -0.39 is 17.0 Å². The summed E-state index contributed by atoms with van der Waals surface area (Å²) < 4.78 is 46.8. The van der Waals surface area contributed by atoms with E-state index in [0.717, 1.165) is 23.9 Å². The van der Waals surface area contributed by atoms with E-state index in [2.05, 4.69) is 15.5 Å². The van der Waals surface area contributed by atoms with Gasteiger partial charge in [-0.05, 0) is 55.3 Å². The highest BCUT2D eigenvalue weighted by Gasteiger charge is 2.31. The molecule has 0 radical (unpaired) electrons. The van der Waals surface area contributed by atoms with E-state index in [1.165, 1.54) is 10.6 Å². The van der Waals surface area contributed by atoms with Gasteiger partial charge in [-0.25, -0.2) is 0 Å². The topological polar surface area (TPSA) is 69.0 Å². The van der Waals surface area contributed by atoms with Crippen molar-refractivity contribution in [2.75, 3.05) is 13.7 Å². The smallest absolute Gasteiger partial charge is 0.416 e. The lowest BCUT2D eigenvalue weighted by Gasteiger charge is -2.16. The van der Waals surface area contributed by atoms with Crippen LogP contribution < -0.4 is 10.1 Å². The first-order valence-electron chi connectivity index (χ1n) is 10.3. The molecule has 0 aliphatic heterocycles. The largest absolute Gasteiger partial charge is 0.497 e. The van der Waals surface area contributed by atoms with Crippen LogP contribution in [0.25, 0.3) is 17.1 Å². The zero-order valence-corrected chi connectivity index (χ0v) is 19.5. The Morgan fingerprint density at radius 2 is 1.82 bits per heavy atom. The number of hydrogen-bond donors (Lipinski definition) is 1. The third kappa shape index (κ3) is 6.07. The normalized spacial score (nSPS) is 12.6. The van der Waals surface area contributed by atoms with Crippen molar-refractivity contribution in [1.29, 1.82) is 0 Å². The van der Waals surface area contributed by atoms with Gasteiger partial charge >= 0.3 is 6.18 Å². The van der Waals surface area contributed by atoms with Crippen LogP contribution in [0.3, 0.4) is 0 Å². The quantitative estimate of drug-likeness (QED) is 0.450. The molecular formula is C23H25F3N4O2S. The molecule has 10 heteroatoms. The Hall–Kier alpha value is -3.01. The first kappa shape index (κ1) is 24.6. The second-order valence-corrected chi connectivity index (χ2v) is 9.13. The molecule has 1 atom stereocenters. The molecule has 1 heterocycles. The molecule has 176 valence electrons. The van der Waals surface area contributed by atoms with Crippen molar-refractivity contribution in [3.63, 3.8) is 0 Å². The van der Waals surface area contributed by atoms with E-state index in [1.807, 2.05) is 13.8 Å². The highest BCUT2D eigenvalue weighted by Crippen LogP contribution is 2.34. The summed E-state index contributed by atoms with van der Waals surface area (Å²) in [6.45, 7) is 6.23. The Kier molecular flexibility index (Phi) is 7.68. The van der Waals surface area contributed by atoms with Gasteiger partial charge in [0.15, 0.2) is 11.0 Å².